The Morgan fingerprint density at radius 3 is 2.48 bits per heavy atom. The minimum Gasteiger partial charge on any atom is -0.293 e. The Labute approximate surface area is 124 Å². The Morgan fingerprint density at radius 1 is 1.24 bits per heavy atom. The predicted octanol–water partition coefficient (Wildman–Crippen LogP) is 3.63. The lowest BCUT2D eigenvalue weighted by atomic mass is 9.99. The molecule has 0 aliphatic rings. The van der Waals surface area contributed by atoms with E-state index < -0.39 is 10.9 Å². The molecule has 0 atom stereocenters. The van der Waals surface area contributed by atoms with Gasteiger partial charge in [0.2, 0.25) is 0 Å². The lowest BCUT2D eigenvalue weighted by molar-refractivity contribution is -0.384. The second-order valence-electron chi connectivity index (χ2n) is 4.01. The maximum atomic E-state index is 11.9. The molecule has 0 N–H and O–H groups in total. The number of nitrogens with zero attached hydrogens (tertiary/aromatic N) is 1. The molecule has 2 aromatic rings. The summed E-state index contributed by atoms with van der Waals surface area (Å²) in [6.07, 6.45) is 0. The van der Waals surface area contributed by atoms with E-state index in [4.69, 9.17) is 11.6 Å². The Hall–Kier alpha value is -2.44. The zero-order chi connectivity index (χ0) is 15.4. The van der Waals surface area contributed by atoms with Crippen molar-refractivity contribution in [1.82, 2.24) is 0 Å². The first-order chi connectivity index (χ1) is 10.0. The Morgan fingerprint density at radius 2 is 1.90 bits per heavy atom. The number of rotatable bonds is 4. The molecule has 0 unspecified atom stereocenters. The molecule has 0 fully saturated rings. The first-order valence-corrected chi connectivity index (χ1v) is 6.20. The van der Waals surface area contributed by atoms with Crippen LogP contribution in [-0.2, 0) is 9.78 Å². The standard InChI is InChI=1S/C14H10ClNO5/c1-20-21-14(17)11-8-13(16(18)19)12(15)7-10(11)9-5-3-2-4-6-9/h2-8H,1H3. The van der Waals surface area contributed by atoms with Gasteiger partial charge in [-0.05, 0) is 17.2 Å². The predicted molar refractivity (Wildman–Crippen MR) is 76.0 cm³/mol. The highest BCUT2D eigenvalue weighted by Crippen LogP contribution is 2.34. The normalized spacial score (nSPS) is 10.2. The van der Waals surface area contributed by atoms with Crippen molar-refractivity contribution in [3.63, 3.8) is 0 Å². The third-order valence-corrected chi connectivity index (χ3v) is 3.05. The van der Waals surface area contributed by atoms with Gasteiger partial charge in [0.25, 0.3) is 5.69 Å². The van der Waals surface area contributed by atoms with Crippen LogP contribution in [0.4, 0.5) is 5.69 Å². The Bertz CT molecular complexity index is 687. The van der Waals surface area contributed by atoms with Crippen LogP contribution in [0.2, 0.25) is 5.02 Å². The van der Waals surface area contributed by atoms with Gasteiger partial charge >= 0.3 is 5.97 Å². The van der Waals surface area contributed by atoms with E-state index >= 15 is 0 Å². The fourth-order valence-corrected chi connectivity index (χ4v) is 2.08. The monoisotopic (exact) mass is 307 g/mol. The van der Waals surface area contributed by atoms with E-state index in [2.05, 4.69) is 9.78 Å². The Balaban J connectivity index is 2.65. The fraction of sp³-hybridized carbons (Fsp3) is 0.0714. The lowest BCUT2D eigenvalue weighted by Gasteiger charge is -2.09. The van der Waals surface area contributed by atoms with E-state index in [9.17, 15) is 14.9 Å². The largest absolute Gasteiger partial charge is 0.373 e. The maximum Gasteiger partial charge on any atom is 0.373 e. The summed E-state index contributed by atoms with van der Waals surface area (Å²) in [5.74, 6) is -0.837. The highest BCUT2D eigenvalue weighted by atomic mass is 35.5. The third-order valence-electron chi connectivity index (χ3n) is 2.75. The van der Waals surface area contributed by atoms with Crippen LogP contribution in [-0.4, -0.2) is 18.0 Å². The van der Waals surface area contributed by atoms with Crippen molar-refractivity contribution in [2.45, 2.75) is 0 Å². The van der Waals surface area contributed by atoms with Gasteiger partial charge in [-0.25, -0.2) is 4.79 Å². The molecule has 0 heterocycles. The van der Waals surface area contributed by atoms with Crippen LogP contribution in [0.25, 0.3) is 11.1 Å². The van der Waals surface area contributed by atoms with Gasteiger partial charge < -0.3 is 0 Å². The smallest absolute Gasteiger partial charge is 0.293 e. The summed E-state index contributed by atoms with van der Waals surface area (Å²) in [5.41, 5.74) is 0.726. The minimum absolute atomic E-state index is 0.000787. The second kappa shape index (κ2) is 6.34. The number of hydrogen-bond acceptors (Lipinski definition) is 5. The zero-order valence-corrected chi connectivity index (χ0v) is 11.7. The number of carbonyl (C=O) groups excluding carboxylic acids is 1. The van der Waals surface area contributed by atoms with E-state index in [-0.39, 0.29) is 16.3 Å². The quantitative estimate of drug-likeness (QED) is 0.489. The molecular formula is C14H10ClNO5. The van der Waals surface area contributed by atoms with Gasteiger partial charge in [0.05, 0.1) is 17.6 Å². The molecule has 7 heteroatoms. The molecule has 0 spiro atoms. The van der Waals surface area contributed by atoms with Gasteiger partial charge in [-0.15, -0.1) is 0 Å². The van der Waals surface area contributed by atoms with Crippen LogP contribution in [0.5, 0.6) is 0 Å². The van der Waals surface area contributed by atoms with Gasteiger partial charge in [-0.2, -0.15) is 4.89 Å². The molecule has 0 saturated carbocycles. The van der Waals surface area contributed by atoms with Crippen LogP contribution < -0.4 is 0 Å². The number of nitro benzene ring substituents is 1. The number of nitro groups is 1. The molecule has 0 aliphatic heterocycles. The molecule has 108 valence electrons. The van der Waals surface area contributed by atoms with Gasteiger partial charge in [0, 0.05) is 6.07 Å². The SMILES string of the molecule is COOC(=O)c1cc([N+](=O)[O-])c(Cl)cc1-c1ccccc1. The van der Waals surface area contributed by atoms with Gasteiger partial charge in [0.1, 0.15) is 5.02 Å². The van der Waals surface area contributed by atoms with Crippen molar-refractivity contribution in [2.75, 3.05) is 7.11 Å². The third kappa shape index (κ3) is 3.18. The molecule has 2 aromatic carbocycles. The number of hydrogen-bond donors (Lipinski definition) is 0. The number of benzene rings is 2. The van der Waals surface area contributed by atoms with Crippen molar-refractivity contribution in [1.29, 1.82) is 0 Å². The first-order valence-electron chi connectivity index (χ1n) is 5.83. The van der Waals surface area contributed by atoms with E-state index in [0.717, 1.165) is 6.07 Å². The van der Waals surface area contributed by atoms with E-state index in [1.54, 1.807) is 24.3 Å². The average Bonchev–Trinajstić information content (AvgIpc) is 2.47. The van der Waals surface area contributed by atoms with Gasteiger partial charge in [-0.1, -0.05) is 41.9 Å². The summed E-state index contributed by atoms with van der Waals surface area (Å²) < 4.78 is 0. The summed E-state index contributed by atoms with van der Waals surface area (Å²) in [7, 11) is 1.17. The first kappa shape index (κ1) is 15.0. The zero-order valence-electron chi connectivity index (χ0n) is 10.9. The van der Waals surface area contributed by atoms with Crippen LogP contribution >= 0.6 is 11.6 Å². The number of carbonyl (C=O) groups is 1. The van der Waals surface area contributed by atoms with Crippen molar-refractivity contribution in [2.24, 2.45) is 0 Å². The lowest BCUT2D eigenvalue weighted by Crippen LogP contribution is -2.07. The summed E-state index contributed by atoms with van der Waals surface area (Å²) in [6.45, 7) is 0. The van der Waals surface area contributed by atoms with Crippen molar-refractivity contribution in [3.05, 3.63) is 63.2 Å². The molecule has 0 radical (unpaired) electrons. The van der Waals surface area contributed by atoms with Crippen LogP contribution in [0.3, 0.4) is 0 Å². The molecule has 0 aromatic heterocycles. The molecule has 0 saturated heterocycles. The summed E-state index contributed by atoms with van der Waals surface area (Å²) in [6, 6.07) is 11.3. The highest BCUT2D eigenvalue weighted by Gasteiger charge is 2.23. The topological polar surface area (TPSA) is 78.7 Å². The molecular weight excluding hydrogens is 298 g/mol. The van der Waals surface area contributed by atoms with Crippen molar-refractivity contribution >= 4 is 23.3 Å². The highest BCUT2D eigenvalue weighted by molar-refractivity contribution is 6.33. The van der Waals surface area contributed by atoms with E-state index in [1.165, 1.54) is 13.2 Å². The molecule has 0 aliphatic carbocycles. The van der Waals surface area contributed by atoms with Gasteiger partial charge in [0.15, 0.2) is 0 Å². The van der Waals surface area contributed by atoms with E-state index in [0.29, 0.717) is 11.1 Å². The number of halogens is 1. The molecule has 2 rings (SSSR count). The summed E-state index contributed by atoms with van der Waals surface area (Å²) in [5, 5.41) is 10.9. The van der Waals surface area contributed by atoms with Gasteiger partial charge in [-0.3, -0.25) is 15.0 Å². The second-order valence-corrected chi connectivity index (χ2v) is 4.42. The molecule has 0 amide bonds. The molecule has 0 bridgehead atoms. The fourth-order valence-electron chi connectivity index (χ4n) is 1.85. The minimum atomic E-state index is -0.837. The Kier molecular flexibility index (Phi) is 4.52. The molecule has 21 heavy (non-hydrogen) atoms. The summed E-state index contributed by atoms with van der Waals surface area (Å²) in [4.78, 5) is 31.0. The average molecular weight is 308 g/mol. The summed E-state index contributed by atoms with van der Waals surface area (Å²) >= 11 is 5.90. The van der Waals surface area contributed by atoms with Crippen LogP contribution in [0.1, 0.15) is 10.4 Å². The van der Waals surface area contributed by atoms with Crippen LogP contribution in [0.15, 0.2) is 42.5 Å². The van der Waals surface area contributed by atoms with Crippen LogP contribution in [0, 0.1) is 10.1 Å². The van der Waals surface area contributed by atoms with Crippen molar-refractivity contribution in [3.8, 4) is 11.1 Å². The molecule has 6 nitrogen and oxygen atoms in total. The van der Waals surface area contributed by atoms with Crippen molar-refractivity contribution < 1.29 is 19.5 Å². The maximum absolute atomic E-state index is 11.9. The van der Waals surface area contributed by atoms with E-state index in [1.807, 2.05) is 6.07 Å².